The Bertz CT molecular complexity index is 613. The van der Waals surface area contributed by atoms with Crippen LogP contribution in [0.4, 0.5) is 13.2 Å². The van der Waals surface area contributed by atoms with Gasteiger partial charge in [-0.2, -0.15) is 13.2 Å². The van der Waals surface area contributed by atoms with E-state index in [1.54, 1.807) is 22.6 Å². The highest BCUT2D eigenvalue weighted by atomic mass is 127. The van der Waals surface area contributed by atoms with Gasteiger partial charge in [0.1, 0.15) is 0 Å². The number of hydroxylamine groups is 2. The normalized spacial score (nSPS) is 15.5. The van der Waals surface area contributed by atoms with Crippen LogP contribution >= 0.6 is 22.6 Å². The van der Waals surface area contributed by atoms with Crippen LogP contribution in [0.1, 0.15) is 28.8 Å². The predicted octanol–water partition coefficient (Wildman–Crippen LogP) is 2.53. The van der Waals surface area contributed by atoms with Crippen molar-refractivity contribution in [3.8, 4) is 0 Å². The molecule has 1 heterocycles. The zero-order valence-electron chi connectivity index (χ0n) is 10.2. The minimum absolute atomic E-state index is 0.0910. The molecule has 1 aromatic rings. The lowest BCUT2D eigenvalue weighted by Crippen LogP contribution is -2.32. The van der Waals surface area contributed by atoms with E-state index < -0.39 is 29.5 Å². The van der Waals surface area contributed by atoms with Gasteiger partial charge in [-0.05, 0) is 40.8 Å². The maximum atomic E-state index is 12.7. The van der Waals surface area contributed by atoms with Crippen molar-refractivity contribution in [2.75, 3.05) is 0 Å². The molecule has 0 aromatic heterocycles. The number of carbonyl (C=O) groups excluding carboxylic acids is 3. The molecule has 1 aliphatic heterocycles. The van der Waals surface area contributed by atoms with Crippen molar-refractivity contribution < 1.29 is 32.4 Å². The quantitative estimate of drug-likeness (QED) is 0.553. The summed E-state index contributed by atoms with van der Waals surface area (Å²) in [5.74, 6) is -2.59. The summed E-state index contributed by atoms with van der Waals surface area (Å²) in [4.78, 5) is 38.9. The van der Waals surface area contributed by atoms with E-state index in [4.69, 9.17) is 0 Å². The number of alkyl halides is 3. The molecule has 0 atom stereocenters. The molecule has 2 rings (SSSR count). The van der Waals surface area contributed by atoms with E-state index in [0.717, 1.165) is 6.07 Å². The third kappa shape index (κ3) is 3.52. The van der Waals surface area contributed by atoms with E-state index in [0.29, 0.717) is 6.07 Å². The summed E-state index contributed by atoms with van der Waals surface area (Å²) in [5.41, 5.74) is -1.40. The first-order valence-corrected chi connectivity index (χ1v) is 6.72. The van der Waals surface area contributed by atoms with Gasteiger partial charge in [0.15, 0.2) is 0 Å². The molecule has 0 N–H and O–H groups in total. The van der Waals surface area contributed by atoms with Gasteiger partial charge in [0.05, 0.1) is 11.1 Å². The first-order valence-electron chi connectivity index (χ1n) is 5.64. The number of hydrogen-bond acceptors (Lipinski definition) is 4. The highest BCUT2D eigenvalue weighted by Crippen LogP contribution is 2.31. The fourth-order valence-electron chi connectivity index (χ4n) is 1.66. The predicted molar refractivity (Wildman–Crippen MR) is 70.7 cm³/mol. The van der Waals surface area contributed by atoms with Crippen molar-refractivity contribution in [2.24, 2.45) is 0 Å². The molecule has 5 nitrogen and oxygen atoms in total. The minimum Gasteiger partial charge on any atom is -0.325 e. The molecule has 9 heteroatoms. The lowest BCUT2D eigenvalue weighted by molar-refractivity contribution is -0.172. The Morgan fingerprint density at radius 1 is 1.14 bits per heavy atom. The summed E-state index contributed by atoms with van der Waals surface area (Å²) in [6.07, 6.45) is -4.80. The lowest BCUT2D eigenvalue weighted by Gasteiger charge is -2.14. The molecule has 2 amide bonds. The highest BCUT2D eigenvalue weighted by Gasteiger charge is 2.35. The van der Waals surface area contributed by atoms with Gasteiger partial charge in [-0.1, -0.05) is 0 Å². The maximum Gasteiger partial charge on any atom is 0.416 e. The average molecular weight is 413 g/mol. The van der Waals surface area contributed by atoms with Crippen LogP contribution in [0.5, 0.6) is 0 Å². The van der Waals surface area contributed by atoms with Gasteiger partial charge in [0.25, 0.3) is 11.8 Å². The van der Waals surface area contributed by atoms with Gasteiger partial charge in [0.2, 0.25) is 0 Å². The molecule has 112 valence electrons. The fraction of sp³-hybridized carbons (Fsp3) is 0.250. The zero-order valence-corrected chi connectivity index (χ0v) is 12.4. The summed E-state index contributed by atoms with van der Waals surface area (Å²) < 4.78 is 38.2. The third-order valence-corrected chi connectivity index (χ3v) is 3.26. The van der Waals surface area contributed by atoms with Crippen LogP contribution in [0.25, 0.3) is 0 Å². The second kappa shape index (κ2) is 5.62. The van der Waals surface area contributed by atoms with Crippen molar-refractivity contribution in [1.82, 2.24) is 5.06 Å². The zero-order chi connectivity index (χ0) is 15.8. The number of rotatable bonds is 2. The van der Waals surface area contributed by atoms with Crippen LogP contribution in [0.15, 0.2) is 18.2 Å². The number of benzene rings is 1. The molecule has 1 saturated heterocycles. The number of halogens is 4. The van der Waals surface area contributed by atoms with Gasteiger partial charge in [-0.15, -0.1) is 5.06 Å². The smallest absolute Gasteiger partial charge is 0.325 e. The topological polar surface area (TPSA) is 63.7 Å². The van der Waals surface area contributed by atoms with E-state index in [1.165, 1.54) is 6.07 Å². The van der Waals surface area contributed by atoms with E-state index >= 15 is 0 Å². The summed E-state index contributed by atoms with van der Waals surface area (Å²) in [7, 11) is 0. The fourth-order valence-corrected chi connectivity index (χ4v) is 2.34. The monoisotopic (exact) mass is 413 g/mol. The molecule has 1 fully saturated rings. The van der Waals surface area contributed by atoms with Gasteiger partial charge >= 0.3 is 12.1 Å². The molecule has 1 aromatic carbocycles. The van der Waals surface area contributed by atoms with Crippen LogP contribution in [0.3, 0.4) is 0 Å². The second-order valence-electron chi connectivity index (χ2n) is 4.19. The highest BCUT2D eigenvalue weighted by molar-refractivity contribution is 14.1. The summed E-state index contributed by atoms with van der Waals surface area (Å²) in [6.45, 7) is 0. The minimum atomic E-state index is -4.62. The van der Waals surface area contributed by atoms with Gasteiger partial charge in [0, 0.05) is 16.4 Å². The largest absolute Gasteiger partial charge is 0.416 e. The number of carbonyl (C=O) groups is 3. The molecule has 0 aliphatic carbocycles. The van der Waals surface area contributed by atoms with Gasteiger partial charge in [-0.25, -0.2) is 4.79 Å². The van der Waals surface area contributed by atoms with Crippen LogP contribution in [0, 0.1) is 3.57 Å². The maximum absolute atomic E-state index is 12.7. The van der Waals surface area contributed by atoms with Crippen molar-refractivity contribution in [3.05, 3.63) is 32.9 Å². The van der Waals surface area contributed by atoms with Crippen molar-refractivity contribution in [3.63, 3.8) is 0 Å². The van der Waals surface area contributed by atoms with Gasteiger partial charge in [-0.3, -0.25) is 9.59 Å². The van der Waals surface area contributed by atoms with E-state index in [-0.39, 0.29) is 27.0 Å². The van der Waals surface area contributed by atoms with E-state index in [1.807, 2.05) is 0 Å². The molecule has 0 radical (unpaired) electrons. The van der Waals surface area contributed by atoms with E-state index in [2.05, 4.69) is 4.84 Å². The molecule has 0 bridgehead atoms. The standard InChI is InChI=1S/C12H7F3INO4/c13-12(14,15)7-3-6(4-8(16)5-7)11(20)21-17-9(18)1-2-10(17)19/h3-5H,1-2H2. The molecule has 0 spiro atoms. The molecule has 1 aliphatic rings. The van der Waals surface area contributed by atoms with Crippen molar-refractivity contribution in [1.29, 1.82) is 0 Å². The molecule has 21 heavy (non-hydrogen) atoms. The number of amides is 2. The van der Waals surface area contributed by atoms with Crippen LogP contribution in [0.2, 0.25) is 0 Å². The Kier molecular flexibility index (Phi) is 4.21. The summed E-state index contributed by atoms with van der Waals surface area (Å²) in [6, 6.07) is 2.64. The van der Waals surface area contributed by atoms with Crippen LogP contribution in [-0.4, -0.2) is 22.8 Å². The average Bonchev–Trinajstić information content (AvgIpc) is 2.68. The first-order chi connectivity index (χ1) is 9.68. The Balaban J connectivity index is 2.25. The van der Waals surface area contributed by atoms with Crippen LogP contribution in [-0.2, 0) is 20.6 Å². The van der Waals surface area contributed by atoms with E-state index in [9.17, 15) is 27.6 Å². The Morgan fingerprint density at radius 2 is 1.71 bits per heavy atom. The Hall–Kier alpha value is -1.65. The summed E-state index contributed by atoms with van der Waals surface area (Å²) in [5, 5.41) is 0.287. The SMILES string of the molecule is O=C(ON1C(=O)CCC1=O)c1cc(I)cc(C(F)(F)F)c1. The lowest BCUT2D eigenvalue weighted by atomic mass is 10.1. The number of nitrogens with zero attached hydrogens (tertiary/aromatic N) is 1. The Labute approximate surface area is 130 Å². The number of imide groups is 1. The summed E-state index contributed by atoms with van der Waals surface area (Å²) >= 11 is 1.62. The number of hydrogen-bond donors (Lipinski definition) is 0. The van der Waals surface area contributed by atoms with Crippen molar-refractivity contribution in [2.45, 2.75) is 19.0 Å². The van der Waals surface area contributed by atoms with Crippen molar-refractivity contribution >= 4 is 40.4 Å². The third-order valence-electron chi connectivity index (χ3n) is 2.64. The molecule has 0 unspecified atom stereocenters. The van der Waals surface area contributed by atoms with Crippen LogP contribution < -0.4 is 0 Å². The Morgan fingerprint density at radius 3 is 2.24 bits per heavy atom. The molecule has 0 saturated carbocycles. The van der Waals surface area contributed by atoms with Gasteiger partial charge < -0.3 is 4.84 Å². The second-order valence-corrected chi connectivity index (χ2v) is 5.43. The molecular weight excluding hydrogens is 406 g/mol. The first kappa shape index (κ1) is 15.7. The molecular formula is C12H7F3INO4.